The molecule has 0 radical (unpaired) electrons. The van der Waals surface area contributed by atoms with Crippen LogP contribution in [0.1, 0.15) is 55.6 Å². The predicted molar refractivity (Wildman–Crippen MR) is 91.5 cm³/mol. The molecule has 0 bridgehead atoms. The number of piperidine rings is 1. The monoisotopic (exact) mass is 321 g/mol. The lowest BCUT2D eigenvalue weighted by Crippen LogP contribution is -2.27. The van der Waals surface area contributed by atoms with E-state index in [-0.39, 0.29) is 21.6 Å². The van der Waals surface area contributed by atoms with E-state index in [0.717, 1.165) is 18.4 Å². The highest BCUT2D eigenvalue weighted by atomic mass is 32.1. The molecule has 2 aromatic rings. The van der Waals surface area contributed by atoms with Crippen LogP contribution in [0.4, 0.5) is 0 Å². The third kappa shape index (κ3) is 2.25. The maximum atomic E-state index is 13.0. The van der Waals surface area contributed by atoms with Crippen LogP contribution in [-0.2, 0) is 6.42 Å². The summed E-state index contributed by atoms with van der Waals surface area (Å²) in [6.45, 7) is -6.11. The van der Waals surface area contributed by atoms with Crippen molar-refractivity contribution < 1.29 is 21.2 Å². The van der Waals surface area contributed by atoms with Gasteiger partial charge in [-0.1, -0.05) is 29.7 Å². The lowest BCUT2D eigenvalue weighted by molar-refractivity contribution is 0.0997. The average Bonchev–Trinajstić information content (AvgIpc) is 3.18. The number of hydrogen-bond donors (Lipinski definition) is 0. The van der Waals surface area contributed by atoms with Gasteiger partial charge in [0.15, 0.2) is 5.78 Å². The van der Waals surface area contributed by atoms with Crippen molar-refractivity contribution in [3.63, 3.8) is 0 Å². The Bertz CT molecular complexity index is 1250. The van der Waals surface area contributed by atoms with E-state index in [4.69, 9.17) is 16.4 Å². The van der Waals surface area contributed by atoms with Crippen molar-refractivity contribution in [1.29, 1.82) is 0 Å². The smallest absolute Gasteiger partial charge is 0.177 e. The highest BCUT2D eigenvalue weighted by Crippen LogP contribution is 2.40. The molecule has 0 spiro atoms. The minimum absolute atomic E-state index is 0.0160. The summed E-state index contributed by atoms with van der Waals surface area (Å²) in [5.41, 5.74) is -1.88. The Hall–Kier alpha value is -1.71. The second-order valence-electron chi connectivity index (χ2n) is 4.90. The van der Waals surface area contributed by atoms with E-state index >= 15 is 0 Å². The van der Waals surface area contributed by atoms with Gasteiger partial charge in [-0.05, 0) is 47.9 Å². The fourth-order valence-electron chi connectivity index (χ4n) is 2.51. The number of nitrogens with zero attached hydrogens (tertiary/aromatic N) is 1. The second-order valence-corrected chi connectivity index (χ2v) is 5.82. The molecule has 1 fully saturated rings. The Morgan fingerprint density at radius 1 is 1.23 bits per heavy atom. The molecule has 2 aliphatic rings. The molecule has 2 heterocycles. The third-order valence-corrected chi connectivity index (χ3v) is 4.44. The SMILES string of the molecule is [2H]c1c([2H])c([2H])c2c(c1[2H])CC(=O)c1sccc1C2=C1C([2H])([2H])C([2H])([2H])N(C)C([2H])([2H])C1([2H])[2H]. The van der Waals surface area contributed by atoms with E-state index in [2.05, 4.69) is 0 Å². The number of likely N-dealkylation sites (tertiary alicyclic amines) is 1. The third-order valence-electron chi connectivity index (χ3n) is 3.49. The Morgan fingerprint density at radius 3 is 2.82 bits per heavy atom. The highest BCUT2D eigenvalue weighted by molar-refractivity contribution is 7.12. The van der Waals surface area contributed by atoms with Gasteiger partial charge in [-0.15, -0.1) is 11.3 Å². The molecule has 112 valence electrons. The van der Waals surface area contributed by atoms with Crippen molar-refractivity contribution in [2.45, 2.75) is 19.2 Å². The molecule has 1 aliphatic carbocycles. The van der Waals surface area contributed by atoms with Gasteiger partial charge in [-0.3, -0.25) is 4.79 Å². The van der Waals surface area contributed by atoms with Gasteiger partial charge in [0.25, 0.3) is 0 Å². The molecule has 1 aromatic carbocycles. The first kappa shape index (κ1) is 6.06. The molecule has 4 rings (SSSR count). The second kappa shape index (κ2) is 5.49. The Balaban J connectivity index is 2.33. The summed E-state index contributed by atoms with van der Waals surface area (Å²) in [7, 11) is 0.934. The normalized spacial score (nSPS) is 36.0. The molecular weight excluding hydrogens is 290 g/mol. The van der Waals surface area contributed by atoms with E-state index in [9.17, 15) is 4.79 Å². The molecule has 1 saturated heterocycles. The summed E-state index contributed by atoms with van der Waals surface area (Å²) in [5, 5.41) is 1.49. The maximum Gasteiger partial charge on any atom is 0.177 e. The van der Waals surface area contributed by atoms with E-state index in [0.29, 0.717) is 4.90 Å². The summed E-state index contributed by atoms with van der Waals surface area (Å²) >= 11 is 0.963. The van der Waals surface area contributed by atoms with Crippen LogP contribution in [0.2, 0.25) is 0 Å². The summed E-state index contributed by atoms with van der Waals surface area (Å²) in [5.74, 6) is -0.521. The standard InChI is InChI=1S/C19H19NOS/c1-20-9-6-13(7-10-20)18-15-5-3-2-4-14(15)12-17(21)19-16(18)8-11-22-19/h2-5,8,11H,6-7,9-10,12H2,1H3/i2D,3D,4D,5D,6D2,7D2,9D2,10D2. The molecule has 0 unspecified atom stereocenters. The largest absolute Gasteiger partial charge is 0.306 e. The molecule has 0 saturated carbocycles. The fraction of sp³-hybridized carbons (Fsp3) is 0.316. The van der Waals surface area contributed by atoms with Gasteiger partial charge < -0.3 is 4.90 Å². The number of hydrogen-bond acceptors (Lipinski definition) is 3. The van der Waals surface area contributed by atoms with Crippen molar-refractivity contribution in [3.8, 4) is 0 Å². The predicted octanol–water partition coefficient (Wildman–Crippen LogP) is 4.01. The zero-order valence-electron chi connectivity index (χ0n) is 23.6. The van der Waals surface area contributed by atoms with Crippen LogP contribution in [0, 0.1) is 0 Å². The highest BCUT2D eigenvalue weighted by Gasteiger charge is 2.27. The number of rotatable bonds is 0. The van der Waals surface area contributed by atoms with Crippen molar-refractivity contribution in [3.05, 3.63) is 62.8 Å². The first-order valence-electron chi connectivity index (χ1n) is 12.6. The minimum atomic E-state index is -3.16. The summed E-state index contributed by atoms with van der Waals surface area (Å²) in [6.07, 6.45) is -6.78. The van der Waals surface area contributed by atoms with E-state index < -0.39 is 73.3 Å². The van der Waals surface area contributed by atoms with E-state index in [1.807, 2.05) is 0 Å². The number of carbonyl (C=O) groups excluding carboxylic acids is 1. The van der Waals surface area contributed by atoms with Crippen LogP contribution >= 0.6 is 11.3 Å². The van der Waals surface area contributed by atoms with Gasteiger partial charge in [0.2, 0.25) is 0 Å². The number of ketones is 1. The fourth-order valence-corrected chi connectivity index (χ4v) is 3.35. The molecule has 0 amide bonds. The van der Waals surface area contributed by atoms with Gasteiger partial charge in [0.1, 0.15) is 0 Å². The van der Waals surface area contributed by atoms with Gasteiger partial charge in [-0.2, -0.15) is 0 Å². The van der Waals surface area contributed by atoms with Crippen molar-refractivity contribution in [2.75, 3.05) is 20.0 Å². The minimum Gasteiger partial charge on any atom is -0.306 e. The summed E-state index contributed by atoms with van der Waals surface area (Å²) in [4.78, 5) is 13.4. The first-order valence-corrected chi connectivity index (χ1v) is 7.50. The van der Waals surface area contributed by atoms with Crippen LogP contribution in [0.25, 0.3) is 5.57 Å². The Kier molecular flexibility index (Phi) is 1.51. The molecular formula is C19H19NOS. The van der Waals surface area contributed by atoms with Crippen molar-refractivity contribution in [2.24, 2.45) is 0 Å². The number of thiophene rings is 1. The summed E-state index contributed by atoms with van der Waals surface area (Å²) < 4.78 is 101. The molecule has 1 aliphatic heterocycles. The van der Waals surface area contributed by atoms with Crippen LogP contribution in [0.5, 0.6) is 0 Å². The molecule has 22 heavy (non-hydrogen) atoms. The van der Waals surface area contributed by atoms with Gasteiger partial charge >= 0.3 is 0 Å². The van der Waals surface area contributed by atoms with Crippen LogP contribution in [-0.4, -0.2) is 30.7 Å². The van der Waals surface area contributed by atoms with E-state index in [1.54, 1.807) is 0 Å². The van der Waals surface area contributed by atoms with Gasteiger partial charge in [-0.25, -0.2) is 0 Å². The quantitative estimate of drug-likeness (QED) is 0.730. The molecule has 1 aromatic heterocycles. The Labute approximate surface area is 151 Å². The van der Waals surface area contributed by atoms with Crippen LogP contribution in [0.15, 0.2) is 41.2 Å². The lowest BCUT2D eigenvalue weighted by Gasteiger charge is -2.27. The van der Waals surface area contributed by atoms with Gasteiger partial charge in [0.05, 0.1) is 10.4 Å². The number of carbonyl (C=O) groups is 1. The lowest BCUT2D eigenvalue weighted by atomic mass is 9.88. The number of benzene rings is 1. The number of fused-ring (bicyclic) bond motifs is 2. The first-order chi connectivity index (χ1) is 15.4. The zero-order valence-corrected chi connectivity index (χ0v) is 12.4. The molecule has 0 N–H and O–H groups in total. The van der Waals surface area contributed by atoms with Crippen LogP contribution < -0.4 is 0 Å². The van der Waals surface area contributed by atoms with Crippen molar-refractivity contribution >= 4 is 22.7 Å². The van der Waals surface area contributed by atoms with Crippen molar-refractivity contribution in [1.82, 2.24) is 4.90 Å². The van der Waals surface area contributed by atoms with E-state index in [1.165, 1.54) is 11.4 Å². The van der Waals surface area contributed by atoms with Crippen LogP contribution in [0.3, 0.4) is 0 Å². The topological polar surface area (TPSA) is 20.3 Å². The number of Topliss-reactive ketones (excluding diaryl/α,β-unsaturated/α-hetero) is 1. The Morgan fingerprint density at radius 2 is 2.00 bits per heavy atom. The maximum absolute atomic E-state index is 13.0. The average molecular weight is 322 g/mol. The molecule has 2 nitrogen and oxygen atoms in total. The van der Waals surface area contributed by atoms with Gasteiger partial charge in [0, 0.05) is 35.9 Å². The molecule has 3 heteroatoms. The molecule has 0 atom stereocenters. The summed E-state index contributed by atoms with van der Waals surface area (Å²) in [6, 6.07) is -1.11. The zero-order chi connectivity index (χ0) is 25.8.